The lowest BCUT2D eigenvalue weighted by atomic mass is 10.0. The van der Waals surface area contributed by atoms with Crippen LogP contribution < -0.4 is 0 Å². The summed E-state index contributed by atoms with van der Waals surface area (Å²) in [5, 5.41) is 0. The minimum absolute atomic E-state index is 4.56. The normalized spacial score (nSPS) is 16.9. The lowest BCUT2D eigenvalue weighted by molar-refractivity contribution is -0.392. The van der Waals surface area contributed by atoms with Crippen molar-refractivity contribution in [3.8, 4) is 0 Å². The molecular weight excluding hydrogens is 350 g/mol. The number of alkyl halides is 12. The molecule has 126 valence electrons. The molecule has 0 radical (unpaired) electrons. The SMILES string of the molecule is FC(=C(F)C(F)(F)C(F)(F)C(F)(F)C(F)(F)F)C(F)(F)F. The van der Waals surface area contributed by atoms with Crippen LogP contribution in [0.25, 0.3) is 0 Å². The van der Waals surface area contributed by atoms with Crippen molar-refractivity contribution in [1.29, 1.82) is 0 Å². The summed E-state index contributed by atoms with van der Waals surface area (Å²) in [4.78, 5) is 0. The van der Waals surface area contributed by atoms with Crippen LogP contribution in [0.5, 0.6) is 0 Å². The predicted octanol–water partition coefficient (Wildman–Crippen LogP) is 5.17. The van der Waals surface area contributed by atoms with E-state index in [1.807, 2.05) is 0 Å². The molecular formula is C7F14. The minimum atomic E-state index is -7.72. The van der Waals surface area contributed by atoms with Crippen LogP contribution in [0.1, 0.15) is 0 Å². The molecule has 0 atom stereocenters. The van der Waals surface area contributed by atoms with Crippen molar-refractivity contribution in [2.75, 3.05) is 0 Å². The van der Waals surface area contributed by atoms with Crippen LogP contribution in [0.2, 0.25) is 0 Å². The molecule has 0 spiro atoms. The van der Waals surface area contributed by atoms with Gasteiger partial charge in [-0.15, -0.1) is 0 Å². The van der Waals surface area contributed by atoms with Crippen molar-refractivity contribution < 1.29 is 61.5 Å². The Kier molecular flexibility index (Phi) is 4.61. The monoisotopic (exact) mass is 350 g/mol. The van der Waals surface area contributed by atoms with Gasteiger partial charge in [0.25, 0.3) is 0 Å². The van der Waals surface area contributed by atoms with E-state index >= 15 is 0 Å². The summed E-state index contributed by atoms with van der Waals surface area (Å²) < 4.78 is 168. The molecule has 14 heteroatoms. The van der Waals surface area contributed by atoms with Crippen LogP contribution >= 0.6 is 0 Å². The van der Waals surface area contributed by atoms with Gasteiger partial charge in [-0.1, -0.05) is 0 Å². The van der Waals surface area contributed by atoms with Gasteiger partial charge in [-0.3, -0.25) is 0 Å². The first-order valence-corrected chi connectivity index (χ1v) is 4.15. The van der Waals surface area contributed by atoms with E-state index in [4.69, 9.17) is 0 Å². The van der Waals surface area contributed by atoms with Gasteiger partial charge in [0.1, 0.15) is 0 Å². The predicted molar refractivity (Wildman–Crippen MR) is 36.2 cm³/mol. The standard InChI is InChI=1S/C7F14/c8-1(2(9)4(12,13)14)3(10,11)5(15,16)6(17,18)7(19,20)21. The largest absolute Gasteiger partial charge is 0.460 e. The van der Waals surface area contributed by atoms with Gasteiger partial charge in [-0.2, -0.15) is 57.1 Å². The molecule has 21 heavy (non-hydrogen) atoms. The Morgan fingerprint density at radius 1 is 0.476 bits per heavy atom. The van der Waals surface area contributed by atoms with Gasteiger partial charge in [-0.25, -0.2) is 4.39 Å². The van der Waals surface area contributed by atoms with E-state index in [2.05, 4.69) is 0 Å². The highest BCUT2D eigenvalue weighted by Crippen LogP contribution is 2.56. The summed E-state index contributed by atoms with van der Waals surface area (Å²) in [5.74, 6) is -32.1. The van der Waals surface area contributed by atoms with E-state index < -0.39 is 41.8 Å². The number of allylic oxidation sites excluding steroid dienone is 2. The molecule has 0 amide bonds. The number of rotatable bonds is 3. The van der Waals surface area contributed by atoms with Crippen LogP contribution in [0.3, 0.4) is 0 Å². The topological polar surface area (TPSA) is 0 Å². The van der Waals surface area contributed by atoms with E-state index in [0.29, 0.717) is 0 Å². The summed E-state index contributed by atoms with van der Waals surface area (Å²) in [6, 6.07) is 0. The van der Waals surface area contributed by atoms with Gasteiger partial charge in [-0.05, 0) is 0 Å². The molecule has 0 unspecified atom stereocenters. The third kappa shape index (κ3) is 3.02. The van der Waals surface area contributed by atoms with Gasteiger partial charge in [0.05, 0.1) is 0 Å². The lowest BCUT2D eigenvalue weighted by Gasteiger charge is -2.32. The van der Waals surface area contributed by atoms with Crippen LogP contribution in [0, 0.1) is 0 Å². The van der Waals surface area contributed by atoms with Crippen molar-refractivity contribution in [2.45, 2.75) is 30.1 Å². The second-order valence-corrected chi connectivity index (χ2v) is 3.35. The smallest absolute Gasteiger partial charge is 0.202 e. The Balaban J connectivity index is 6.15. The van der Waals surface area contributed by atoms with Gasteiger partial charge in [0, 0.05) is 0 Å². The molecule has 0 heterocycles. The molecule has 0 bridgehead atoms. The fourth-order valence-electron chi connectivity index (χ4n) is 0.775. The molecule has 0 aliphatic rings. The summed E-state index contributed by atoms with van der Waals surface area (Å²) in [6.45, 7) is 0. The second-order valence-electron chi connectivity index (χ2n) is 3.35. The maximum Gasteiger partial charge on any atom is 0.460 e. The van der Waals surface area contributed by atoms with Crippen molar-refractivity contribution in [2.24, 2.45) is 0 Å². The third-order valence-electron chi connectivity index (χ3n) is 1.86. The summed E-state index contributed by atoms with van der Waals surface area (Å²) in [5.41, 5.74) is 0. The van der Waals surface area contributed by atoms with E-state index in [1.54, 1.807) is 0 Å². The van der Waals surface area contributed by atoms with Gasteiger partial charge in [0.15, 0.2) is 0 Å². The second kappa shape index (κ2) is 4.90. The molecule has 0 aliphatic carbocycles. The number of halogens is 14. The van der Waals surface area contributed by atoms with E-state index in [0.717, 1.165) is 0 Å². The van der Waals surface area contributed by atoms with Crippen molar-refractivity contribution in [1.82, 2.24) is 0 Å². The van der Waals surface area contributed by atoms with Gasteiger partial charge in [0.2, 0.25) is 11.7 Å². The van der Waals surface area contributed by atoms with Crippen molar-refractivity contribution >= 4 is 0 Å². The van der Waals surface area contributed by atoms with Crippen LogP contribution in [0.4, 0.5) is 61.5 Å². The molecule has 0 fully saturated rings. The Morgan fingerprint density at radius 3 is 1.05 bits per heavy atom. The van der Waals surface area contributed by atoms with Gasteiger partial charge < -0.3 is 0 Å². The third-order valence-corrected chi connectivity index (χ3v) is 1.86. The molecule has 0 rings (SSSR count). The first kappa shape index (κ1) is 19.8. The maximum absolute atomic E-state index is 12.5. The van der Waals surface area contributed by atoms with Crippen LogP contribution in [-0.4, -0.2) is 30.1 Å². The molecule has 0 aromatic rings. The molecule has 0 nitrogen and oxygen atoms in total. The van der Waals surface area contributed by atoms with Crippen molar-refractivity contribution in [3.05, 3.63) is 11.7 Å². The summed E-state index contributed by atoms with van der Waals surface area (Å²) >= 11 is 0. The number of hydrogen-bond donors (Lipinski definition) is 0. The lowest BCUT2D eigenvalue weighted by Crippen LogP contribution is -2.61. The molecule has 0 N–H and O–H groups in total. The van der Waals surface area contributed by atoms with Crippen LogP contribution in [-0.2, 0) is 0 Å². The van der Waals surface area contributed by atoms with Gasteiger partial charge >= 0.3 is 30.1 Å². The quantitative estimate of drug-likeness (QED) is 0.617. The summed E-state index contributed by atoms with van der Waals surface area (Å²) in [6.07, 6.45) is -14.0. The average molecular weight is 350 g/mol. The average Bonchev–Trinajstić information content (AvgIpc) is 2.23. The number of hydrogen-bond acceptors (Lipinski definition) is 0. The minimum Gasteiger partial charge on any atom is -0.202 e. The zero-order valence-corrected chi connectivity index (χ0v) is 8.79. The highest BCUT2D eigenvalue weighted by Gasteiger charge is 2.83. The molecule has 0 saturated heterocycles. The first-order chi connectivity index (χ1) is 8.82. The van der Waals surface area contributed by atoms with E-state index in [9.17, 15) is 61.5 Å². The fourth-order valence-corrected chi connectivity index (χ4v) is 0.775. The highest BCUT2D eigenvalue weighted by atomic mass is 19.4. The Labute approximate surface area is 105 Å². The Bertz CT molecular complexity index is 420. The Morgan fingerprint density at radius 2 is 0.810 bits per heavy atom. The van der Waals surface area contributed by atoms with Crippen molar-refractivity contribution in [3.63, 3.8) is 0 Å². The molecule has 0 aliphatic heterocycles. The highest BCUT2D eigenvalue weighted by molar-refractivity contribution is 5.20. The van der Waals surface area contributed by atoms with E-state index in [-0.39, 0.29) is 0 Å². The maximum atomic E-state index is 12.5. The van der Waals surface area contributed by atoms with Crippen LogP contribution in [0.15, 0.2) is 11.7 Å². The molecule has 0 aromatic heterocycles. The molecule has 0 aromatic carbocycles. The zero-order valence-electron chi connectivity index (χ0n) is 8.79. The Hall–Kier alpha value is -1.24. The first-order valence-electron chi connectivity index (χ1n) is 4.15. The zero-order chi connectivity index (χ0) is 17.7. The van der Waals surface area contributed by atoms with E-state index in [1.165, 1.54) is 0 Å². The molecule has 0 saturated carbocycles. The summed E-state index contributed by atoms with van der Waals surface area (Å²) in [7, 11) is 0. The fraction of sp³-hybridized carbons (Fsp3) is 0.714.